The van der Waals surface area contributed by atoms with E-state index in [9.17, 15) is 19.8 Å². The number of fused-ring (bicyclic) bond motifs is 3. The molecule has 0 radical (unpaired) electrons. The third-order valence-electron chi connectivity index (χ3n) is 6.93. The highest BCUT2D eigenvalue weighted by Crippen LogP contribution is 2.68. The Morgan fingerprint density at radius 2 is 1.69 bits per heavy atom. The van der Waals surface area contributed by atoms with Crippen LogP contribution in [0.3, 0.4) is 0 Å². The van der Waals surface area contributed by atoms with Gasteiger partial charge in [-0.1, -0.05) is 58.4 Å². The van der Waals surface area contributed by atoms with Gasteiger partial charge in [-0.2, -0.15) is 0 Å². The molecule has 36 heavy (non-hydrogen) atoms. The molecule has 1 fully saturated rings. The molecule has 3 aromatic carbocycles. The highest BCUT2D eigenvalue weighted by Gasteiger charge is 2.78. The fraction of sp³-hybridized carbons (Fsp3) is 0.286. The second-order valence-electron chi connectivity index (χ2n) is 8.78. The van der Waals surface area contributed by atoms with E-state index in [0.717, 1.165) is 4.47 Å². The Morgan fingerprint density at radius 3 is 2.31 bits per heavy atom. The molecule has 0 saturated heterocycles. The first-order chi connectivity index (χ1) is 17.3. The van der Waals surface area contributed by atoms with Crippen LogP contribution in [-0.2, 0) is 20.8 Å². The van der Waals surface area contributed by atoms with Crippen LogP contribution in [0.5, 0.6) is 17.2 Å². The average molecular weight is 553 g/mol. The lowest BCUT2D eigenvalue weighted by Crippen LogP contribution is -2.50. The van der Waals surface area contributed by atoms with E-state index in [-0.39, 0.29) is 23.7 Å². The smallest absolute Gasteiger partial charge is 0.314 e. The Kier molecular flexibility index (Phi) is 6.04. The summed E-state index contributed by atoms with van der Waals surface area (Å²) >= 11 is 3.43. The van der Waals surface area contributed by atoms with Crippen molar-refractivity contribution in [2.75, 3.05) is 13.2 Å². The number of ether oxygens (including phenoxy) is 3. The van der Waals surface area contributed by atoms with Crippen LogP contribution in [0.25, 0.3) is 0 Å². The van der Waals surface area contributed by atoms with Gasteiger partial charge in [0, 0.05) is 16.6 Å². The lowest BCUT2D eigenvalue weighted by atomic mass is 9.70. The third-order valence-corrected chi connectivity index (χ3v) is 7.46. The van der Waals surface area contributed by atoms with Crippen molar-refractivity contribution in [3.63, 3.8) is 0 Å². The van der Waals surface area contributed by atoms with E-state index < -0.39 is 34.8 Å². The molecule has 2 aliphatic rings. The first kappa shape index (κ1) is 24.3. The number of halogens is 1. The number of aliphatic carboxylic acids is 1. The van der Waals surface area contributed by atoms with Gasteiger partial charge in [-0.05, 0) is 37.1 Å². The lowest BCUT2D eigenvalue weighted by molar-refractivity contribution is -0.154. The van der Waals surface area contributed by atoms with E-state index in [2.05, 4.69) is 15.9 Å². The number of carbonyl (C=O) groups is 2. The normalized spacial score (nSPS) is 26.2. The van der Waals surface area contributed by atoms with Gasteiger partial charge in [-0.3, -0.25) is 9.59 Å². The van der Waals surface area contributed by atoms with Crippen LogP contribution in [0.2, 0.25) is 0 Å². The molecule has 5 rings (SSSR count). The molecule has 3 aromatic rings. The zero-order valence-corrected chi connectivity index (χ0v) is 21.3. The molecule has 1 aliphatic heterocycles. The quantitative estimate of drug-likeness (QED) is 0.406. The fourth-order valence-electron chi connectivity index (χ4n) is 5.65. The van der Waals surface area contributed by atoms with E-state index in [0.29, 0.717) is 23.5 Å². The van der Waals surface area contributed by atoms with Crippen LogP contribution < -0.4 is 14.2 Å². The number of carboxylic acids is 1. The Bertz CT molecular complexity index is 1320. The molecule has 1 aliphatic carbocycles. The highest BCUT2D eigenvalue weighted by molar-refractivity contribution is 9.10. The van der Waals surface area contributed by atoms with Gasteiger partial charge in [0.25, 0.3) is 0 Å². The summed E-state index contributed by atoms with van der Waals surface area (Å²) in [6.07, 6.45) is 0. The lowest BCUT2D eigenvalue weighted by Gasteiger charge is -2.39. The molecule has 0 amide bonds. The Morgan fingerprint density at radius 1 is 1.03 bits per heavy atom. The number of aliphatic hydroxyl groups is 1. The van der Waals surface area contributed by atoms with Crippen molar-refractivity contribution in [1.29, 1.82) is 0 Å². The summed E-state index contributed by atoms with van der Waals surface area (Å²) in [5.74, 6) is -3.90. The van der Waals surface area contributed by atoms with Crippen molar-refractivity contribution in [2.24, 2.45) is 5.92 Å². The first-order valence-corrected chi connectivity index (χ1v) is 12.5. The molecule has 4 atom stereocenters. The van der Waals surface area contributed by atoms with Crippen molar-refractivity contribution >= 4 is 27.7 Å². The number of Topliss-reactive ketones (excluding diaryl/α,β-unsaturated/α-hetero) is 1. The standard InChI is InChI=1S/C28H25BrO7/c1-3-34-19-14-20(35-4-2)24-21(15-19)36-28(17-10-12-18(29)13-11-17)23(16-8-6-5-7-9-16)22(26(31)32)25(30)27(24,28)33/h5-15,22-23,33H,3-4H2,1-2H3,(H,31,32)/t22-,23-,27+,28+/m1/s1. The maximum absolute atomic E-state index is 14.1. The molecule has 2 N–H and O–H groups in total. The summed E-state index contributed by atoms with van der Waals surface area (Å²) in [5.41, 5.74) is -2.96. The van der Waals surface area contributed by atoms with Gasteiger partial charge in [0.2, 0.25) is 5.60 Å². The number of hydrogen-bond acceptors (Lipinski definition) is 6. The topological polar surface area (TPSA) is 102 Å². The van der Waals surface area contributed by atoms with Crippen molar-refractivity contribution in [3.8, 4) is 17.2 Å². The van der Waals surface area contributed by atoms with Gasteiger partial charge in [-0.15, -0.1) is 0 Å². The molecule has 1 heterocycles. The minimum absolute atomic E-state index is 0.116. The largest absolute Gasteiger partial charge is 0.494 e. The Hall–Kier alpha value is -3.36. The van der Waals surface area contributed by atoms with E-state index in [1.807, 2.05) is 6.92 Å². The molecule has 0 unspecified atom stereocenters. The van der Waals surface area contributed by atoms with Gasteiger partial charge in [0.15, 0.2) is 11.4 Å². The molecular weight excluding hydrogens is 528 g/mol. The van der Waals surface area contributed by atoms with Gasteiger partial charge in [-0.25, -0.2) is 0 Å². The van der Waals surface area contributed by atoms with Gasteiger partial charge < -0.3 is 24.4 Å². The van der Waals surface area contributed by atoms with Crippen molar-refractivity contribution in [1.82, 2.24) is 0 Å². The molecule has 7 nitrogen and oxygen atoms in total. The molecule has 8 heteroatoms. The second-order valence-corrected chi connectivity index (χ2v) is 9.70. The van der Waals surface area contributed by atoms with Gasteiger partial charge >= 0.3 is 5.97 Å². The zero-order chi connectivity index (χ0) is 25.7. The van der Waals surface area contributed by atoms with Crippen molar-refractivity contribution in [3.05, 3.63) is 87.9 Å². The Balaban J connectivity index is 1.88. The van der Waals surface area contributed by atoms with Crippen LogP contribution >= 0.6 is 15.9 Å². The molecule has 0 aromatic heterocycles. The third kappa shape index (κ3) is 3.28. The minimum atomic E-state index is -2.34. The zero-order valence-electron chi connectivity index (χ0n) is 19.7. The van der Waals surface area contributed by atoms with E-state index in [1.165, 1.54) is 0 Å². The van der Waals surface area contributed by atoms with Crippen LogP contribution in [0, 0.1) is 5.92 Å². The highest BCUT2D eigenvalue weighted by atomic mass is 79.9. The number of rotatable bonds is 7. The predicted molar refractivity (Wildman–Crippen MR) is 134 cm³/mol. The number of hydrogen-bond donors (Lipinski definition) is 2. The number of benzene rings is 3. The summed E-state index contributed by atoms with van der Waals surface area (Å²) < 4.78 is 19.0. The van der Waals surface area contributed by atoms with Crippen LogP contribution in [0.15, 0.2) is 71.2 Å². The summed E-state index contributed by atoms with van der Waals surface area (Å²) in [5, 5.41) is 22.8. The molecular formula is C28H25BrO7. The fourth-order valence-corrected chi connectivity index (χ4v) is 5.91. The van der Waals surface area contributed by atoms with Gasteiger partial charge in [0.05, 0.1) is 24.7 Å². The van der Waals surface area contributed by atoms with Crippen LogP contribution in [0.1, 0.15) is 36.5 Å². The maximum atomic E-state index is 14.1. The predicted octanol–water partition coefficient (Wildman–Crippen LogP) is 4.79. The minimum Gasteiger partial charge on any atom is -0.494 e. The van der Waals surface area contributed by atoms with Crippen LogP contribution in [0.4, 0.5) is 0 Å². The molecule has 0 spiro atoms. The monoisotopic (exact) mass is 552 g/mol. The van der Waals surface area contributed by atoms with E-state index in [1.54, 1.807) is 73.7 Å². The summed E-state index contributed by atoms with van der Waals surface area (Å²) in [4.78, 5) is 26.7. The SMILES string of the molecule is CCOc1cc(OCC)c2c(c1)O[C@@]1(c3ccc(Br)cc3)[C@H](c3ccccc3)[C@@H](C(=O)O)C(=O)[C@@]21O. The van der Waals surface area contributed by atoms with Crippen LogP contribution in [-0.4, -0.2) is 35.2 Å². The summed E-state index contributed by atoms with van der Waals surface area (Å²) in [6, 6.07) is 19.1. The number of ketones is 1. The van der Waals surface area contributed by atoms with Crippen molar-refractivity contribution < 1.29 is 34.0 Å². The van der Waals surface area contributed by atoms with E-state index in [4.69, 9.17) is 14.2 Å². The average Bonchev–Trinajstić information content (AvgIpc) is 3.23. The second kappa shape index (κ2) is 8.94. The van der Waals surface area contributed by atoms with Crippen molar-refractivity contribution in [2.45, 2.75) is 31.0 Å². The summed E-state index contributed by atoms with van der Waals surface area (Å²) in [7, 11) is 0. The maximum Gasteiger partial charge on any atom is 0.314 e. The van der Waals surface area contributed by atoms with Gasteiger partial charge in [0.1, 0.15) is 23.2 Å². The Labute approximate surface area is 216 Å². The molecule has 0 bridgehead atoms. The summed E-state index contributed by atoms with van der Waals surface area (Å²) in [6.45, 7) is 4.26. The molecule has 1 saturated carbocycles. The first-order valence-electron chi connectivity index (χ1n) is 11.7. The number of carboxylic acid groups (broad SMARTS) is 1. The number of carbonyl (C=O) groups excluding carboxylic acids is 1. The molecule has 186 valence electrons. The van der Waals surface area contributed by atoms with E-state index >= 15 is 0 Å².